The molecule has 1 N–H and O–H groups in total. The maximum atomic E-state index is 12.0. The molecule has 6 heteroatoms. The number of hydrogen-bond donors (Lipinski definition) is 1. The van der Waals surface area contributed by atoms with Crippen molar-refractivity contribution in [2.45, 2.75) is 45.1 Å². The number of nitrogens with one attached hydrogen (secondary N) is 1. The molecule has 3 aromatic rings. The summed E-state index contributed by atoms with van der Waals surface area (Å²) in [4.78, 5) is 23.0. The summed E-state index contributed by atoms with van der Waals surface area (Å²) < 4.78 is 6.61. The van der Waals surface area contributed by atoms with Gasteiger partial charge < -0.3 is 9.64 Å². The van der Waals surface area contributed by atoms with Crippen molar-refractivity contribution in [3.63, 3.8) is 0 Å². The highest BCUT2D eigenvalue weighted by molar-refractivity contribution is 5.89. The van der Waals surface area contributed by atoms with Crippen molar-refractivity contribution in [3.8, 4) is 16.9 Å². The second kappa shape index (κ2) is 8.10. The number of aromatic nitrogens is 1. The van der Waals surface area contributed by atoms with Gasteiger partial charge in [0.1, 0.15) is 11.4 Å². The Labute approximate surface area is 188 Å². The molecule has 0 atom stereocenters. The number of likely N-dealkylation sites (tertiary alicyclic amines) is 1. The predicted molar refractivity (Wildman–Crippen MR) is 125 cm³/mol. The minimum absolute atomic E-state index is 0.180. The van der Waals surface area contributed by atoms with Gasteiger partial charge in [-0.05, 0) is 78.6 Å². The van der Waals surface area contributed by atoms with Gasteiger partial charge in [0, 0.05) is 43.2 Å². The van der Waals surface area contributed by atoms with E-state index in [1.807, 2.05) is 13.1 Å². The first kappa shape index (κ1) is 20.8. The van der Waals surface area contributed by atoms with Crippen LogP contribution in [0.25, 0.3) is 21.9 Å². The van der Waals surface area contributed by atoms with Crippen LogP contribution < -0.4 is 10.2 Å². The number of pyridine rings is 1. The van der Waals surface area contributed by atoms with Crippen LogP contribution in [-0.2, 0) is 11.3 Å². The second-order valence-electron chi connectivity index (χ2n) is 8.99. The summed E-state index contributed by atoms with van der Waals surface area (Å²) in [5.41, 5.74) is 8.24. The number of fused-ring (bicyclic) bond motifs is 2. The molecule has 2 aliphatic rings. The third kappa shape index (κ3) is 3.69. The van der Waals surface area contributed by atoms with Crippen LogP contribution in [0.4, 0.5) is 4.79 Å². The molecule has 166 valence electrons. The monoisotopic (exact) mass is 431 g/mol. The van der Waals surface area contributed by atoms with Crippen molar-refractivity contribution in [1.82, 2.24) is 15.4 Å². The van der Waals surface area contributed by atoms with Gasteiger partial charge in [-0.1, -0.05) is 12.1 Å². The van der Waals surface area contributed by atoms with Crippen molar-refractivity contribution in [3.05, 3.63) is 59.4 Å². The number of ether oxygens (including phenoxy) is 1. The van der Waals surface area contributed by atoms with Gasteiger partial charge in [-0.2, -0.15) is 0 Å². The average Bonchev–Trinajstić information content (AvgIpc) is 2.79. The normalized spacial score (nSPS) is 17.2. The van der Waals surface area contributed by atoms with E-state index < -0.39 is 0 Å². The lowest BCUT2D eigenvalue weighted by Crippen LogP contribution is -2.53. The molecule has 2 aromatic carbocycles. The molecule has 3 heterocycles. The van der Waals surface area contributed by atoms with E-state index in [2.05, 4.69) is 53.8 Å². The quantitative estimate of drug-likeness (QED) is 0.583. The fraction of sp³-hybridized carbons (Fsp3) is 0.385. The molecular formula is C26H29N3O3. The molecule has 5 rings (SSSR count). The molecule has 0 saturated carbocycles. The zero-order chi connectivity index (χ0) is 22.3. The lowest BCUT2D eigenvalue weighted by Gasteiger charge is -2.44. The number of hydroxylamine groups is 1. The van der Waals surface area contributed by atoms with Crippen molar-refractivity contribution in [2.75, 3.05) is 20.2 Å². The maximum absolute atomic E-state index is 12.0. The summed E-state index contributed by atoms with van der Waals surface area (Å²) in [6.07, 6.45) is 5.51. The van der Waals surface area contributed by atoms with E-state index in [9.17, 15) is 4.79 Å². The molecule has 0 bridgehead atoms. The number of rotatable bonds is 2. The number of nitrogens with zero attached hydrogens (tertiary/aromatic N) is 2. The standard InChI is InChI=1S/C26H29N3O3/c1-17-14-24-21(6-8-26(32-24)9-12-29(13-10-26)25(30)28-31-3)16-23(17)19-4-5-22-18(2)27-11-7-20(22)15-19/h4-5,7,11,14-16H,6,8-10,12-13H2,1-3H3,(H,28,30). The number of amides is 2. The molecule has 1 aromatic heterocycles. The molecule has 1 spiro atoms. The fourth-order valence-electron chi connectivity index (χ4n) is 5.09. The van der Waals surface area contributed by atoms with Crippen LogP contribution in [0.15, 0.2) is 42.6 Å². The lowest BCUT2D eigenvalue weighted by atomic mass is 9.82. The van der Waals surface area contributed by atoms with Crippen LogP contribution >= 0.6 is 0 Å². The highest BCUT2D eigenvalue weighted by Gasteiger charge is 2.40. The Morgan fingerprint density at radius 2 is 1.94 bits per heavy atom. The van der Waals surface area contributed by atoms with Gasteiger partial charge in [-0.3, -0.25) is 9.82 Å². The molecule has 1 saturated heterocycles. The van der Waals surface area contributed by atoms with Gasteiger partial charge in [-0.25, -0.2) is 10.3 Å². The van der Waals surface area contributed by atoms with E-state index >= 15 is 0 Å². The van der Waals surface area contributed by atoms with E-state index in [1.165, 1.54) is 40.1 Å². The third-order valence-corrected chi connectivity index (χ3v) is 7.01. The molecule has 0 aliphatic carbocycles. The van der Waals surface area contributed by atoms with Crippen molar-refractivity contribution >= 4 is 16.8 Å². The number of carbonyl (C=O) groups excluding carboxylic acids is 1. The van der Waals surface area contributed by atoms with Crippen LogP contribution in [0.1, 0.15) is 36.1 Å². The second-order valence-corrected chi connectivity index (χ2v) is 8.99. The summed E-state index contributed by atoms with van der Waals surface area (Å²) in [5, 5.41) is 2.41. The maximum Gasteiger partial charge on any atom is 0.341 e. The van der Waals surface area contributed by atoms with Crippen molar-refractivity contribution < 1.29 is 14.4 Å². The van der Waals surface area contributed by atoms with Gasteiger partial charge in [0.2, 0.25) is 0 Å². The predicted octanol–water partition coefficient (Wildman–Crippen LogP) is 4.95. The van der Waals surface area contributed by atoms with Gasteiger partial charge in [0.25, 0.3) is 0 Å². The zero-order valence-corrected chi connectivity index (χ0v) is 18.9. The molecule has 2 aliphatic heterocycles. The Bertz CT molecular complexity index is 1180. The largest absolute Gasteiger partial charge is 0.487 e. The lowest BCUT2D eigenvalue weighted by molar-refractivity contribution is -0.0107. The van der Waals surface area contributed by atoms with Crippen LogP contribution in [0, 0.1) is 13.8 Å². The topological polar surface area (TPSA) is 63.7 Å². The number of carbonyl (C=O) groups is 1. The first-order chi connectivity index (χ1) is 15.5. The minimum Gasteiger partial charge on any atom is -0.487 e. The van der Waals surface area contributed by atoms with Gasteiger partial charge >= 0.3 is 6.03 Å². The highest BCUT2D eigenvalue weighted by atomic mass is 16.6. The molecule has 32 heavy (non-hydrogen) atoms. The van der Waals surface area contributed by atoms with Crippen molar-refractivity contribution in [2.24, 2.45) is 0 Å². The molecule has 6 nitrogen and oxygen atoms in total. The Morgan fingerprint density at radius 1 is 1.12 bits per heavy atom. The molecular weight excluding hydrogens is 402 g/mol. The minimum atomic E-state index is -0.182. The van der Waals surface area contributed by atoms with E-state index in [0.29, 0.717) is 13.1 Å². The molecule has 0 unspecified atom stereocenters. The molecule has 1 fully saturated rings. The summed E-state index contributed by atoms with van der Waals surface area (Å²) in [6.45, 7) is 5.55. The van der Waals surface area contributed by atoms with E-state index in [-0.39, 0.29) is 11.6 Å². The fourth-order valence-corrected chi connectivity index (χ4v) is 5.09. The Hall–Kier alpha value is -3.12. The SMILES string of the molecule is CONC(=O)N1CCC2(CCc3cc(-c4ccc5c(C)nccc5c4)c(C)cc3O2)CC1. The average molecular weight is 432 g/mol. The Balaban J connectivity index is 1.38. The summed E-state index contributed by atoms with van der Waals surface area (Å²) in [6, 6.07) is 13.0. The number of hydrogen-bond acceptors (Lipinski definition) is 4. The van der Waals surface area contributed by atoms with Crippen molar-refractivity contribution in [1.29, 1.82) is 0 Å². The summed E-state index contributed by atoms with van der Waals surface area (Å²) in [7, 11) is 1.46. The first-order valence-corrected chi connectivity index (χ1v) is 11.2. The summed E-state index contributed by atoms with van der Waals surface area (Å²) >= 11 is 0. The number of aryl methyl sites for hydroxylation is 3. The van der Waals surface area contributed by atoms with Gasteiger partial charge in [0.15, 0.2) is 0 Å². The number of benzene rings is 2. The molecule has 2 amide bonds. The smallest absolute Gasteiger partial charge is 0.341 e. The first-order valence-electron chi connectivity index (χ1n) is 11.2. The van der Waals surface area contributed by atoms with Crippen LogP contribution in [-0.4, -0.2) is 41.7 Å². The number of urea groups is 1. The Kier molecular flexibility index (Phi) is 5.25. The third-order valence-electron chi connectivity index (χ3n) is 7.01. The van der Waals surface area contributed by atoms with Crippen LogP contribution in [0.5, 0.6) is 5.75 Å². The van der Waals surface area contributed by atoms with Gasteiger partial charge in [0.05, 0.1) is 7.11 Å². The van der Waals surface area contributed by atoms with Gasteiger partial charge in [-0.15, -0.1) is 0 Å². The Morgan fingerprint density at radius 3 is 2.72 bits per heavy atom. The summed E-state index contributed by atoms with van der Waals surface area (Å²) in [5.74, 6) is 0.994. The van der Waals surface area contributed by atoms with Crippen LogP contribution in [0.2, 0.25) is 0 Å². The van der Waals surface area contributed by atoms with E-state index in [4.69, 9.17) is 9.57 Å². The number of piperidine rings is 1. The zero-order valence-electron chi connectivity index (χ0n) is 18.9. The van der Waals surface area contributed by atoms with E-state index in [1.54, 1.807) is 4.90 Å². The van der Waals surface area contributed by atoms with E-state index in [0.717, 1.165) is 37.1 Å². The molecule has 0 radical (unpaired) electrons. The highest BCUT2D eigenvalue weighted by Crippen LogP contribution is 2.42. The van der Waals surface area contributed by atoms with Crippen LogP contribution in [0.3, 0.4) is 0 Å².